The van der Waals surface area contributed by atoms with Crippen molar-refractivity contribution in [1.29, 1.82) is 0 Å². The van der Waals surface area contributed by atoms with Gasteiger partial charge in [0.05, 0.1) is 13.7 Å². The van der Waals surface area contributed by atoms with E-state index in [2.05, 4.69) is 5.32 Å². The molecule has 0 unspecified atom stereocenters. The molecule has 0 bridgehead atoms. The summed E-state index contributed by atoms with van der Waals surface area (Å²) >= 11 is 13.4. The topological polar surface area (TPSA) is 61.9 Å². The van der Waals surface area contributed by atoms with Crippen molar-refractivity contribution >= 4 is 57.4 Å². The minimum absolute atomic E-state index is 0.158. The summed E-state index contributed by atoms with van der Waals surface area (Å²) in [5, 5.41) is 3.68. The van der Waals surface area contributed by atoms with Crippen molar-refractivity contribution in [3.8, 4) is 5.75 Å². The molecule has 9 heteroatoms. The number of benzene rings is 3. The van der Waals surface area contributed by atoms with Crippen molar-refractivity contribution < 1.29 is 14.3 Å². The second-order valence-electron chi connectivity index (χ2n) is 9.54. The second-order valence-corrected chi connectivity index (χ2v) is 11.9. The Morgan fingerprint density at radius 1 is 1.08 bits per heavy atom. The Balaban J connectivity index is 1.52. The Labute approximate surface area is 229 Å². The maximum atomic E-state index is 14.7. The van der Waals surface area contributed by atoms with Gasteiger partial charge in [0.25, 0.3) is 5.91 Å². The predicted molar refractivity (Wildman–Crippen MR) is 150 cm³/mol. The number of para-hydroxylation sites is 1. The number of likely N-dealkylation sites (N-methyl/N-ethyl adjacent to an activating group) is 1. The average Bonchev–Trinajstić information content (AvgIpc) is 3.45. The average molecular weight is 550 g/mol. The maximum absolute atomic E-state index is 14.7. The Hall–Kier alpha value is -2.91. The standard InChI is InChI=1S/C28H24ClN3O3S2/c1-31-16-22(18-9-11-19(29)12-10-18)28(27(31)21-5-3-4-6-23(21)30-24(27)33)25(34)32(26(36)37-28)15-17-7-13-20(35-2)14-8-17/h3-14,22H,15-16H2,1-2H3,(H,30,33)/t22-,27-,28-/m1/s1. The zero-order valence-corrected chi connectivity index (χ0v) is 22.6. The molecule has 3 aromatic carbocycles. The third-order valence-corrected chi connectivity index (χ3v) is 9.95. The number of nitrogens with one attached hydrogen (secondary N) is 1. The molecule has 0 saturated carbocycles. The van der Waals surface area contributed by atoms with E-state index in [9.17, 15) is 9.59 Å². The van der Waals surface area contributed by atoms with Crippen molar-refractivity contribution in [2.75, 3.05) is 26.0 Å². The summed E-state index contributed by atoms with van der Waals surface area (Å²) < 4.78 is 4.55. The molecule has 188 valence electrons. The Morgan fingerprint density at radius 3 is 2.49 bits per heavy atom. The molecule has 2 fully saturated rings. The molecule has 2 amide bonds. The number of ether oxygens (including phenoxy) is 1. The molecular weight excluding hydrogens is 526 g/mol. The highest BCUT2D eigenvalue weighted by atomic mass is 35.5. The summed E-state index contributed by atoms with van der Waals surface area (Å²) in [4.78, 5) is 32.4. The molecule has 3 heterocycles. The van der Waals surface area contributed by atoms with E-state index < -0.39 is 10.3 Å². The number of carbonyl (C=O) groups is 2. The third-order valence-electron chi connectivity index (χ3n) is 7.75. The Kier molecular flexibility index (Phi) is 5.84. The molecule has 6 rings (SSSR count). The van der Waals surface area contributed by atoms with Crippen molar-refractivity contribution in [3.05, 3.63) is 94.5 Å². The molecular formula is C28H24ClN3O3S2. The summed E-state index contributed by atoms with van der Waals surface area (Å²) in [6.45, 7) is 0.813. The number of carbonyl (C=O) groups excluding carboxylic acids is 2. The molecule has 3 aliphatic heterocycles. The van der Waals surface area contributed by atoms with Gasteiger partial charge in [-0.05, 0) is 48.5 Å². The number of likely N-dealkylation sites (tertiary alicyclic amines) is 1. The fraction of sp³-hybridized carbons (Fsp3) is 0.250. The lowest BCUT2D eigenvalue weighted by molar-refractivity contribution is -0.138. The highest BCUT2D eigenvalue weighted by Gasteiger charge is 2.77. The minimum atomic E-state index is -1.23. The van der Waals surface area contributed by atoms with Gasteiger partial charge in [-0.25, -0.2) is 0 Å². The van der Waals surface area contributed by atoms with Gasteiger partial charge >= 0.3 is 0 Å². The number of hydrogen-bond donors (Lipinski definition) is 1. The number of thioether (sulfide) groups is 1. The first-order chi connectivity index (χ1) is 17.8. The van der Waals surface area contributed by atoms with E-state index in [0.29, 0.717) is 22.4 Å². The molecule has 0 aliphatic carbocycles. The van der Waals surface area contributed by atoms with E-state index in [1.165, 1.54) is 11.8 Å². The first kappa shape index (κ1) is 24.4. The van der Waals surface area contributed by atoms with Crippen LogP contribution in [-0.2, 0) is 21.7 Å². The van der Waals surface area contributed by atoms with Crippen LogP contribution >= 0.6 is 35.6 Å². The summed E-state index contributed by atoms with van der Waals surface area (Å²) in [7, 11) is 3.54. The van der Waals surface area contributed by atoms with Crippen LogP contribution in [0.1, 0.15) is 22.6 Å². The first-order valence-corrected chi connectivity index (χ1v) is 13.5. The number of halogens is 1. The van der Waals surface area contributed by atoms with Crippen LogP contribution in [-0.4, -0.2) is 51.4 Å². The molecule has 1 N–H and O–H groups in total. The van der Waals surface area contributed by atoms with E-state index >= 15 is 0 Å². The fourth-order valence-corrected chi connectivity index (χ4v) is 8.38. The van der Waals surface area contributed by atoms with Crippen LogP contribution in [0.5, 0.6) is 5.75 Å². The molecule has 2 spiro atoms. The summed E-state index contributed by atoms with van der Waals surface area (Å²) in [5.74, 6) is 0.0726. The molecule has 0 radical (unpaired) electrons. The summed E-state index contributed by atoms with van der Waals surface area (Å²) in [6.07, 6.45) is 0. The monoisotopic (exact) mass is 549 g/mol. The molecule has 3 aromatic rings. The van der Waals surface area contributed by atoms with Gasteiger partial charge in [0.15, 0.2) is 5.54 Å². The van der Waals surface area contributed by atoms with Gasteiger partial charge in [-0.15, -0.1) is 0 Å². The lowest BCUT2D eigenvalue weighted by Crippen LogP contribution is -2.61. The zero-order valence-electron chi connectivity index (χ0n) is 20.2. The summed E-state index contributed by atoms with van der Waals surface area (Å²) in [5.41, 5.74) is 2.17. The molecule has 6 nitrogen and oxygen atoms in total. The summed E-state index contributed by atoms with van der Waals surface area (Å²) in [6, 6.07) is 22.8. The highest BCUT2D eigenvalue weighted by molar-refractivity contribution is 8.25. The normalized spacial score (nSPS) is 26.8. The van der Waals surface area contributed by atoms with E-state index in [0.717, 1.165) is 28.1 Å². The molecule has 3 aliphatic rings. The van der Waals surface area contributed by atoms with E-state index in [1.807, 2.05) is 84.7 Å². The fourth-order valence-electron chi connectivity index (χ4n) is 6.12. The molecule has 2 saturated heterocycles. The number of fused-ring (bicyclic) bond motifs is 3. The van der Waals surface area contributed by atoms with Crippen LogP contribution in [0.3, 0.4) is 0 Å². The van der Waals surface area contributed by atoms with Crippen LogP contribution < -0.4 is 10.1 Å². The van der Waals surface area contributed by atoms with E-state index in [-0.39, 0.29) is 17.7 Å². The quantitative estimate of drug-likeness (QED) is 0.461. The predicted octanol–water partition coefficient (Wildman–Crippen LogP) is 5.02. The number of amides is 2. The van der Waals surface area contributed by atoms with Crippen molar-refractivity contribution in [2.24, 2.45) is 0 Å². The number of anilines is 1. The Morgan fingerprint density at radius 2 is 1.78 bits per heavy atom. The van der Waals surface area contributed by atoms with Crippen LogP contribution in [0, 0.1) is 0 Å². The third kappa shape index (κ3) is 3.32. The number of thiocarbonyl (C=S) groups is 1. The van der Waals surface area contributed by atoms with Gasteiger partial charge in [-0.2, -0.15) is 0 Å². The van der Waals surface area contributed by atoms with Crippen LogP contribution in [0.15, 0.2) is 72.8 Å². The molecule has 37 heavy (non-hydrogen) atoms. The maximum Gasteiger partial charge on any atom is 0.251 e. The van der Waals surface area contributed by atoms with Gasteiger partial charge in [0.2, 0.25) is 5.91 Å². The highest BCUT2D eigenvalue weighted by Crippen LogP contribution is 2.65. The van der Waals surface area contributed by atoms with Crippen molar-refractivity contribution in [1.82, 2.24) is 9.80 Å². The van der Waals surface area contributed by atoms with Crippen LogP contribution in [0.2, 0.25) is 5.02 Å². The smallest absolute Gasteiger partial charge is 0.251 e. The lowest BCUT2D eigenvalue weighted by atomic mass is 9.72. The number of hydrogen-bond acceptors (Lipinski definition) is 6. The van der Waals surface area contributed by atoms with Gasteiger partial charge in [-0.3, -0.25) is 19.4 Å². The van der Waals surface area contributed by atoms with E-state index in [4.69, 9.17) is 28.6 Å². The minimum Gasteiger partial charge on any atom is -0.497 e. The van der Waals surface area contributed by atoms with Crippen molar-refractivity contribution in [3.63, 3.8) is 0 Å². The number of methoxy groups -OCH3 is 1. The number of rotatable bonds is 4. The van der Waals surface area contributed by atoms with Crippen LogP contribution in [0.25, 0.3) is 0 Å². The molecule has 3 atom stereocenters. The zero-order chi connectivity index (χ0) is 25.9. The van der Waals surface area contributed by atoms with Gasteiger partial charge in [0, 0.05) is 28.7 Å². The van der Waals surface area contributed by atoms with Gasteiger partial charge < -0.3 is 10.1 Å². The van der Waals surface area contributed by atoms with Gasteiger partial charge in [0.1, 0.15) is 14.8 Å². The molecule has 0 aromatic heterocycles. The second kappa shape index (κ2) is 8.84. The Bertz CT molecular complexity index is 1430. The number of nitrogens with zero attached hydrogens (tertiary/aromatic N) is 2. The van der Waals surface area contributed by atoms with Crippen LogP contribution in [0.4, 0.5) is 5.69 Å². The van der Waals surface area contributed by atoms with Gasteiger partial charge in [-0.1, -0.05) is 78.0 Å². The van der Waals surface area contributed by atoms with E-state index in [1.54, 1.807) is 12.0 Å². The SMILES string of the molecule is COc1ccc(CN2C(=O)[C@]3(SC2=S)[C@@H](c2ccc(Cl)cc2)CN(C)[C@]32C(=O)Nc3ccccc32)cc1. The lowest BCUT2D eigenvalue weighted by Gasteiger charge is -2.41. The first-order valence-electron chi connectivity index (χ1n) is 11.9. The van der Waals surface area contributed by atoms with Crippen molar-refractivity contribution in [2.45, 2.75) is 22.7 Å². The largest absolute Gasteiger partial charge is 0.497 e.